The lowest BCUT2D eigenvalue weighted by Crippen LogP contribution is -2.05. The highest BCUT2D eigenvalue weighted by Gasteiger charge is 2.08. The van der Waals surface area contributed by atoms with Gasteiger partial charge in [-0.05, 0) is 36.6 Å². The second-order valence-electron chi connectivity index (χ2n) is 4.76. The number of carboxylic acid groups (broad SMARTS) is 1. The molecule has 3 nitrogen and oxygen atoms in total. The molecule has 1 N–H and O–H groups in total. The fourth-order valence-electron chi connectivity index (χ4n) is 2.09. The molecule has 110 valence electrons. The van der Waals surface area contributed by atoms with Gasteiger partial charge in [-0.25, -0.2) is 0 Å². The minimum Gasteiger partial charge on any atom is -0.493 e. The van der Waals surface area contributed by atoms with E-state index in [1.54, 1.807) is 6.07 Å². The Morgan fingerprint density at radius 1 is 1.14 bits per heavy atom. The van der Waals surface area contributed by atoms with Crippen LogP contribution in [0.2, 0.25) is 0 Å². The maximum Gasteiger partial charge on any atom is 0.307 e. The van der Waals surface area contributed by atoms with Crippen molar-refractivity contribution in [1.82, 2.24) is 0 Å². The first kappa shape index (κ1) is 15.6. The number of aliphatic carboxylic acids is 1. The Kier molecular flexibility index (Phi) is 5.81. The molecule has 0 heterocycles. The third-order valence-corrected chi connectivity index (χ3v) is 3.57. The maximum atomic E-state index is 10.9. The van der Waals surface area contributed by atoms with E-state index in [4.69, 9.17) is 9.84 Å². The molecular weight excluding hydrogens is 332 g/mol. The Bertz CT molecular complexity index is 596. The van der Waals surface area contributed by atoms with Crippen molar-refractivity contribution < 1.29 is 14.6 Å². The number of benzene rings is 2. The van der Waals surface area contributed by atoms with E-state index in [0.717, 1.165) is 17.3 Å². The van der Waals surface area contributed by atoms with Crippen LogP contribution in [0.25, 0.3) is 0 Å². The van der Waals surface area contributed by atoms with Crippen LogP contribution in [-0.4, -0.2) is 17.7 Å². The summed E-state index contributed by atoms with van der Waals surface area (Å²) in [7, 11) is 0. The molecule has 0 unspecified atom stereocenters. The molecule has 4 heteroatoms. The Morgan fingerprint density at radius 3 is 2.62 bits per heavy atom. The third kappa shape index (κ3) is 5.23. The van der Waals surface area contributed by atoms with Crippen molar-refractivity contribution >= 4 is 21.9 Å². The minimum atomic E-state index is -0.859. The third-order valence-electron chi connectivity index (χ3n) is 3.07. The van der Waals surface area contributed by atoms with E-state index in [2.05, 4.69) is 28.1 Å². The molecule has 0 radical (unpaired) electrons. The minimum absolute atomic E-state index is 0.0343. The zero-order chi connectivity index (χ0) is 15.1. The van der Waals surface area contributed by atoms with Crippen LogP contribution in [0.15, 0.2) is 53.0 Å². The second kappa shape index (κ2) is 7.84. The average Bonchev–Trinajstić information content (AvgIpc) is 2.46. The van der Waals surface area contributed by atoms with Gasteiger partial charge in [-0.15, -0.1) is 0 Å². The van der Waals surface area contributed by atoms with Gasteiger partial charge in [-0.1, -0.05) is 46.3 Å². The highest BCUT2D eigenvalue weighted by Crippen LogP contribution is 2.24. The van der Waals surface area contributed by atoms with Gasteiger partial charge in [0.05, 0.1) is 13.0 Å². The van der Waals surface area contributed by atoms with Gasteiger partial charge in [0.1, 0.15) is 5.75 Å². The molecule has 0 atom stereocenters. The van der Waals surface area contributed by atoms with Gasteiger partial charge in [0.25, 0.3) is 0 Å². The standard InChI is InChI=1S/C17H17BrO3/c18-15-8-9-16(14(11-15)12-17(19)20)21-10-4-7-13-5-2-1-3-6-13/h1-3,5-6,8-9,11H,4,7,10,12H2,(H,19,20). The Labute approximate surface area is 132 Å². The summed E-state index contributed by atoms with van der Waals surface area (Å²) in [6, 6.07) is 15.7. The summed E-state index contributed by atoms with van der Waals surface area (Å²) in [6.45, 7) is 0.573. The molecule has 0 fully saturated rings. The van der Waals surface area contributed by atoms with Crippen molar-refractivity contribution in [3.05, 3.63) is 64.1 Å². The molecule has 0 aliphatic rings. The smallest absolute Gasteiger partial charge is 0.307 e. The van der Waals surface area contributed by atoms with Gasteiger partial charge >= 0.3 is 5.97 Å². The number of carboxylic acids is 1. The van der Waals surface area contributed by atoms with Gasteiger partial charge in [-0.2, -0.15) is 0 Å². The Hall–Kier alpha value is -1.81. The molecule has 21 heavy (non-hydrogen) atoms. The van der Waals surface area contributed by atoms with Gasteiger partial charge in [0, 0.05) is 10.0 Å². The number of halogens is 1. The molecule has 2 aromatic rings. The number of carbonyl (C=O) groups is 1. The van der Waals surface area contributed by atoms with Gasteiger partial charge in [-0.3, -0.25) is 4.79 Å². The van der Waals surface area contributed by atoms with Crippen LogP contribution in [0.5, 0.6) is 5.75 Å². The number of aryl methyl sites for hydroxylation is 1. The lowest BCUT2D eigenvalue weighted by atomic mass is 10.1. The second-order valence-corrected chi connectivity index (χ2v) is 5.68. The molecule has 0 amide bonds. The van der Waals surface area contributed by atoms with E-state index in [1.165, 1.54) is 5.56 Å². The lowest BCUT2D eigenvalue weighted by Gasteiger charge is -2.11. The van der Waals surface area contributed by atoms with E-state index >= 15 is 0 Å². The van der Waals surface area contributed by atoms with E-state index in [9.17, 15) is 4.79 Å². The van der Waals surface area contributed by atoms with Gasteiger partial charge in [0.2, 0.25) is 0 Å². The average molecular weight is 349 g/mol. The van der Waals surface area contributed by atoms with E-state index in [1.807, 2.05) is 30.3 Å². The molecule has 2 rings (SSSR count). The predicted octanol–water partition coefficient (Wildman–Crippen LogP) is 4.09. The SMILES string of the molecule is O=C(O)Cc1cc(Br)ccc1OCCCc1ccccc1. The zero-order valence-corrected chi connectivity index (χ0v) is 13.2. The van der Waals surface area contributed by atoms with Crippen LogP contribution in [-0.2, 0) is 17.6 Å². The van der Waals surface area contributed by atoms with E-state index in [0.29, 0.717) is 17.9 Å². The molecule has 0 spiro atoms. The molecule has 0 bridgehead atoms. The fraction of sp³-hybridized carbons (Fsp3) is 0.235. The van der Waals surface area contributed by atoms with Gasteiger partial charge < -0.3 is 9.84 Å². The summed E-state index contributed by atoms with van der Waals surface area (Å²) in [6.07, 6.45) is 1.81. The van der Waals surface area contributed by atoms with Crippen molar-refractivity contribution in [2.45, 2.75) is 19.3 Å². The number of hydrogen-bond acceptors (Lipinski definition) is 2. The van der Waals surface area contributed by atoms with Crippen LogP contribution in [0, 0.1) is 0 Å². The van der Waals surface area contributed by atoms with Gasteiger partial charge in [0.15, 0.2) is 0 Å². The first-order valence-corrected chi connectivity index (χ1v) is 7.61. The van der Waals surface area contributed by atoms with Crippen molar-refractivity contribution in [2.24, 2.45) is 0 Å². The molecule has 0 aromatic heterocycles. The summed E-state index contributed by atoms with van der Waals surface area (Å²) >= 11 is 3.35. The molecule has 2 aromatic carbocycles. The molecular formula is C17H17BrO3. The first-order valence-electron chi connectivity index (χ1n) is 6.82. The van der Waals surface area contributed by atoms with Crippen LogP contribution in [0.3, 0.4) is 0 Å². The Morgan fingerprint density at radius 2 is 1.90 bits per heavy atom. The van der Waals surface area contributed by atoms with Crippen LogP contribution < -0.4 is 4.74 Å². The largest absolute Gasteiger partial charge is 0.493 e. The van der Waals surface area contributed by atoms with Crippen LogP contribution >= 0.6 is 15.9 Å². The van der Waals surface area contributed by atoms with Crippen LogP contribution in [0.4, 0.5) is 0 Å². The normalized spacial score (nSPS) is 10.3. The van der Waals surface area contributed by atoms with Crippen LogP contribution in [0.1, 0.15) is 17.5 Å². The molecule has 0 aliphatic heterocycles. The monoisotopic (exact) mass is 348 g/mol. The molecule has 0 aliphatic carbocycles. The zero-order valence-electron chi connectivity index (χ0n) is 11.6. The molecule has 0 saturated carbocycles. The number of ether oxygens (including phenoxy) is 1. The van der Waals surface area contributed by atoms with E-state index < -0.39 is 5.97 Å². The van der Waals surface area contributed by atoms with Crippen molar-refractivity contribution in [3.63, 3.8) is 0 Å². The van der Waals surface area contributed by atoms with Crippen molar-refractivity contribution in [3.8, 4) is 5.75 Å². The Balaban J connectivity index is 1.89. The fourth-order valence-corrected chi connectivity index (χ4v) is 2.50. The summed E-state index contributed by atoms with van der Waals surface area (Å²) in [5.41, 5.74) is 1.97. The number of hydrogen-bond donors (Lipinski definition) is 1. The summed E-state index contributed by atoms with van der Waals surface area (Å²) in [5, 5.41) is 8.93. The highest BCUT2D eigenvalue weighted by molar-refractivity contribution is 9.10. The lowest BCUT2D eigenvalue weighted by molar-refractivity contribution is -0.136. The maximum absolute atomic E-state index is 10.9. The van der Waals surface area contributed by atoms with Crippen molar-refractivity contribution in [1.29, 1.82) is 0 Å². The summed E-state index contributed by atoms with van der Waals surface area (Å²) in [5.74, 6) is -0.212. The summed E-state index contributed by atoms with van der Waals surface area (Å²) < 4.78 is 6.59. The molecule has 0 saturated heterocycles. The first-order chi connectivity index (χ1) is 10.1. The topological polar surface area (TPSA) is 46.5 Å². The quantitative estimate of drug-likeness (QED) is 0.766. The summed E-state index contributed by atoms with van der Waals surface area (Å²) in [4.78, 5) is 10.9. The van der Waals surface area contributed by atoms with E-state index in [-0.39, 0.29) is 6.42 Å². The predicted molar refractivity (Wildman–Crippen MR) is 85.7 cm³/mol. The number of rotatable bonds is 7. The van der Waals surface area contributed by atoms with Crippen molar-refractivity contribution in [2.75, 3.05) is 6.61 Å². The highest BCUT2D eigenvalue weighted by atomic mass is 79.9.